The van der Waals surface area contributed by atoms with Crippen LogP contribution in [0, 0.1) is 20.8 Å². The Morgan fingerprint density at radius 2 is 1.73 bits per heavy atom. The van der Waals surface area contributed by atoms with E-state index in [0.717, 1.165) is 33.9 Å². The fourth-order valence-electron chi connectivity index (χ4n) is 3.55. The number of aryl methyl sites for hydroxylation is 2. The highest BCUT2D eigenvalue weighted by atomic mass is 35.5. The van der Waals surface area contributed by atoms with Crippen LogP contribution >= 0.6 is 47.2 Å². The number of amides is 1. The first kappa shape index (κ1) is 21.2. The molecule has 30 heavy (non-hydrogen) atoms. The van der Waals surface area contributed by atoms with E-state index in [4.69, 9.17) is 35.4 Å². The van der Waals surface area contributed by atoms with E-state index in [2.05, 4.69) is 10.6 Å². The third-order valence-electron chi connectivity index (χ3n) is 4.97. The number of hydrogen-bond donors (Lipinski definition) is 0. The van der Waals surface area contributed by atoms with Gasteiger partial charge in [0.1, 0.15) is 0 Å². The number of thioether (sulfide) groups is 1. The molecule has 0 unspecified atom stereocenters. The molecule has 0 aliphatic carbocycles. The van der Waals surface area contributed by atoms with E-state index < -0.39 is 0 Å². The van der Waals surface area contributed by atoms with Crippen LogP contribution in [-0.4, -0.2) is 14.8 Å². The van der Waals surface area contributed by atoms with E-state index in [0.29, 0.717) is 19.3 Å². The number of hydrogen-bond acceptors (Lipinski definition) is 3. The zero-order chi connectivity index (χ0) is 21.6. The average Bonchev–Trinajstić information content (AvgIpc) is 3.12. The Balaban J connectivity index is 1.71. The molecule has 0 atom stereocenters. The highest BCUT2D eigenvalue weighted by Gasteiger charge is 2.33. The predicted molar refractivity (Wildman–Crippen MR) is 132 cm³/mol. The van der Waals surface area contributed by atoms with Crippen molar-refractivity contribution in [1.82, 2.24) is 4.57 Å². The molecule has 1 amide bonds. The first-order valence-electron chi connectivity index (χ1n) is 9.25. The van der Waals surface area contributed by atoms with Crippen molar-refractivity contribution in [3.8, 4) is 5.69 Å². The smallest absolute Gasteiger partial charge is 0.270 e. The maximum atomic E-state index is 13.1. The summed E-state index contributed by atoms with van der Waals surface area (Å²) in [4.78, 5) is 15.3. The van der Waals surface area contributed by atoms with Crippen molar-refractivity contribution in [2.75, 3.05) is 4.90 Å². The largest absolute Gasteiger partial charge is 0.318 e. The molecule has 2 aromatic carbocycles. The van der Waals surface area contributed by atoms with Crippen LogP contribution in [0.25, 0.3) is 11.8 Å². The lowest BCUT2D eigenvalue weighted by atomic mass is 10.2. The number of halogens is 2. The topological polar surface area (TPSA) is 25.2 Å². The normalized spacial score (nSPS) is 15.5. The van der Waals surface area contributed by atoms with Crippen LogP contribution in [0.5, 0.6) is 0 Å². The van der Waals surface area contributed by atoms with E-state index >= 15 is 0 Å². The van der Waals surface area contributed by atoms with Crippen LogP contribution in [0.1, 0.15) is 22.5 Å². The predicted octanol–water partition coefficient (Wildman–Crippen LogP) is 7.12. The molecule has 1 saturated heterocycles. The number of nitrogens with zero attached hydrogens (tertiary/aromatic N) is 2. The average molecular weight is 473 g/mol. The molecule has 0 spiro atoms. The van der Waals surface area contributed by atoms with Crippen LogP contribution < -0.4 is 4.90 Å². The van der Waals surface area contributed by atoms with Crippen molar-refractivity contribution >= 4 is 69.2 Å². The zero-order valence-corrected chi connectivity index (χ0v) is 19.7. The highest BCUT2D eigenvalue weighted by Crippen LogP contribution is 2.37. The van der Waals surface area contributed by atoms with Crippen molar-refractivity contribution in [3.05, 3.63) is 86.0 Å². The number of carbonyl (C=O) groups excluding carboxylic acids is 1. The van der Waals surface area contributed by atoms with E-state index in [1.807, 2.05) is 63.2 Å². The standard InChI is InChI=1S/C23H18Cl2N2OS2/c1-13-5-4-6-17(9-13)27-22(28)21(30-23(27)29)11-16-10-14(2)26(15(16)3)18-7-8-19(24)20(25)12-18/h4-12H,1-3H3. The van der Waals surface area contributed by atoms with E-state index in [1.54, 1.807) is 11.0 Å². The van der Waals surface area contributed by atoms with Gasteiger partial charge in [-0.25, -0.2) is 0 Å². The number of thiocarbonyl (C=S) groups is 1. The quantitative estimate of drug-likeness (QED) is 0.299. The summed E-state index contributed by atoms with van der Waals surface area (Å²) in [7, 11) is 0. The van der Waals surface area contributed by atoms with Crippen LogP contribution in [0.4, 0.5) is 5.69 Å². The zero-order valence-electron chi connectivity index (χ0n) is 16.6. The van der Waals surface area contributed by atoms with Crippen molar-refractivity contribution in [3.63, 3.8) is 0 Å². The fraction of sp³-hybridized carbons (Fsp3) is 0.130. The van der Waals surface area contributed by atoms with Gasteiger partial charge >= 0.3 is 0 Å². The summed E-state index contributed by atoms with van der Waals surface area (Å²) < 4.78 is 2.63. The molecule has 3 aromatic rings. The Kier molecular flexibility index (Phi) is 5.82. The Bertz CT molecular complexity index is 1230. The van der Waals surface area contributed by atoms with E-state index in [1.165, 1.54) is 11.8 Å². The first-order valence-corrected chi connectivity index (χ1v) is 11.2. The minimum absolute atomic E-state index is 0.102. The second-order valence-electron chi connectivity index (χ2n) is 7.12. The molecule has 1 aliphatic heterocycles. The van der Waals surface area contributed by atoms with Gasteiger partial charge in [0, 0.05) is 17.1 Å². The molecule has 0 saturated carbocycles. The fourth-order valence-corrected chi connectivity index (χ4v) is 5.14. The summed E-state index contributed by atoms with van der Waals surface area (Å²) in [5.41, 5.74) is 5.80. The summed E-state index contributed by atoms with van der Waals surface area (Å²) >= 11 is 19.1. The molecule has 0 bridgehead atoms. The van der Waals surface area contributed by atoms with Crippen LogP contribution in [0.3, 0.4) is 0 Å². The monoisotopic (exact) mass is 472 g/mol. The molecular formula is C23H18Cl2N2OS2. The van der Waals surface area contributed by atoms with Gasteiger partial charge in [-0.15, -0.1) is 0 Å². The van der Waals surface area contributed by atoms with Gasteiger partial charge in [0.15, 0.2) is 4.32 Å². The van der Waals surface area contributed by atoms with Gasteiger partial charge in [0.25, 0.3) is 5.91 Å². The summed E-state index contributed by atoms with van der Waals surface area (Å²) in [6.07, 6.45) is 1.91. The maximum Gasteiger partial charge on any atom is 0.270 e. The van der Waals surface area contributed by atoms with Gasteiger partial charge in [0.05, 0.1) is 20.6 Å². The molecule has 1 aromatic heterocycles. The van der Waals surface area contributed by atoms with Gasteiger partial charge in [-0.3, -0.25) is 9.69 Å². The molecule has 0 N–H and O–H groups in total. The molecule has 3 nitrogen and oxygen atoms in total. The maximum absolute atomic E-state index is 13.1. The number of rotatable bonds is 3. The molecule has 1 aliphatic rings. The SMILES string of the molecule is Cc1cccc(N2C(=O)C(=Cc3cc(C)n(-c4ccc(Cl)c(Cl)c4)c3C)SC2=S)c1. The lowest BCUT2D eigenvalue weighted by molar-refractivity contribution is -0.113. The molecular weight excluding hydrogens is 455 g/mol. The van der Waals surface area contributed by atoms with Crippen molar-refractivity contribution in [2.45, 2.75) is 20.8 Å². The van der Waals surface area contributed by atoms with Gasteiger partial charge < -0.3 is 4.57 Å². The van der Waals surface area contributed by atoms with Gasteiger partial charge in [-0.1, -0.05) is 59.3 Å². The van der Waals surface area contributed by atoms with Crippen LogP contribution in [0.2, 0.25) is 10.0 Å². The molecule has 152 valence electrons. The molecule has 4 rings (SSSR count). The van der Waals surface area contributed by atoms with E-state index in [-0.39, 0.29) is 5.91 Å². The summed E-state index contributed by atoms with van der Waals surface area (Å²) in [6, 6.07) is 15.4. The lowest BCUT2D eigenvalue weighted by Crippen LogP contribution is -2.27. The van der Waals surface area contributed by atoms with Gasteiger partial charge in [0.2, 0.25) is 0 Å². The second-order valence-corrected chi connectivity index (χ2v) is 9.61. The third-order valence-corrected chi connectivity index (χ3v) is 7.01. The second kappa shape index (κ2) is 8.23. The molecule has 0 radical (unpaired) electrons. The lowest BCUT2D eigenvalue weighted by Gasteiger charge is -2.14. The van der Waals surface area contributed by atoms with Gasteiger partial charge in [-0.2, -0.15) is 0 Å². The van der Waals surface area contributed by atoms with Crippen molar-refractivity contribution in [2.24, 2.45) is 0 Å². The highest BCUT2D eigenvalue weighted by molar-refractivity contribution is 8.27. The summed E-state index contributed by atoms with van der Waals surface area (Å²) in [5, 5.41) is 1.02. The first-order chi connectivity index (χ1) is 14.3. The van der Waals surface area contributed by atoms with E-state index in [9.17, 15) is 4.79 Å². The molecule has 7 heteroatoms. The summed E-state index contributed by atoms with van der Waals surface area (Å²) in [6.45, 7) is 6.03. The Morgan fingerprint density at radius 3 is 2.43 bits per heavy atom. The Labute approximate surface area is 195 Å². The van der Waals surface area contributed by atoms with Crippen molar-refractivity contribution < 1.29 is 4.79 Å². The molecule has 2 heterocycles. The number of carbonyl (C=O) groups is 1. The number of anilines is 1. The number of benzene rings is 2. The molecule has 1 fully saturated rings. The minimum atomic E-state index is -0.102. The van der Waals surface area contributed by atoms with Crippen molar-refractivity contribution in [1.29, 1.82) is 0 Å². The Hall–Kier alpha value is -2.05. The van der Waals surface area contributed by atoms with Gasteiger partial charge in [-0.05, 0) is 74.4 Å². The Morgan fingerprint density at radius 1 is 0.967 bits per heavy atom. The number of aromatic nitrogens is 1. The van der Waals surface area contributed by atoms with Crippen LogP contribution in [-0.2, 0) is 4.79 Å². The summed E-state index contributed by atoms with van der Waals surface area (Å²) in [5.74, 6) is -0.102. The third kappa shape index (κ3) is 3.83. The van der Waals surface area contributed by atoms with Crippen LogP contribution in [0.15, 0.2) is 53.4 Å². The minimum Gasteiger partial charge on any atom is -0.318 e.